The number of rotatable bonds is 21. The molecule has 0 radical (unpaired) electrons. The fourth-order valence-electron chi connectivity index (χ4n) is 6.81. The molecule has 9 atom stereocenters. The Labute approximate surface area is 362 Å². The number of carbonyl (C=O) groups is 2. The molecule has 5 heterocycles. The van der Waals surface area contributed by atoms with Crippen molar-refractivity contribution in [3.05, 3.63) is 75.7 Å². The quantitative estimate of drug-likeness (QED) is 0.0174. The standard InChI is InChI=1S/C35H45N11O16P2/c1-19(5-3-2-4-6-27(47)56-14-20-7-9-21(10-8-20)43-44-38)34(49)61-30-24(60-33(29(30)48)46-18-41-28-31(37)39-17-40-32(28)46)16-58-64(54,55)62-22-13-26(45-12-11-25(36)42-35(45)50)59-23(22)15-57-63(51,52)53/h7-12,17-19,22-24,26,29-30,33,48H,2-6,13-16H2,1H3,(H,54,55)(H2,36,42,50)(H2,37,39,40)(H2,51,52,53)/t19-,22-,23+,24+,26+,29+,30+,33+/m0/s1. The Morgan fingerprint density at radius 2 is 1.77 bits per heavy atom. The number of imidazole rings is 1. The Morgan fingerprint density at radius 3 is 2.48 bits per heavy atom. The average molecular weight is 938 g/mol. The van der Waals surface area contributed by atoms with Gasteiger partial charge in [-0.25, -0.2) is 28.9 Å². The Bertz CT molecular complexity index is 2480. The predicted molar refractivity (Wildman–Crippen MR) is 217 cm³/mol. The third-order valence-electron chi connectivity index (χ3n) is 10.1. The number of nitrogen functional groups attached to an aromatic ring is 2. The summed E-state index contributed by atoms with van der Waals surface area (Å²) in [5, 5.41) is 15.0. The summed E-state index contributed by atoms with van der Waals surface area (Å²) in [6.07, 6.45) is -4.63. The van der Waals surface area contributed by atoms with Crippen molar-refractivity contribution in [2.75, 3.05) is 24.7 Å². The lowest BCUT2D eigenvalue weighted by Crippen LogP contribution is -2.39. The Hall–Kier alpha value is -5.40. The largest absolute Gasteiger partial charge is 0.472 e. The fourth-order valence-corrected chi connectivity index (χ4v) is 8.11. The molecular weight excluding hydrogens is 892 g/mol. The number of benzene rings is 1. The third-order valence-corrected chi connectivity index (χ3v) is 11.6. The van der Waals surface area contributed by atoms with Gasteiger partial charge in [-0.05, 0) is 30.0 Å². The number of unbranched alkanes of at least 4 members (excludes halogenated alkanes) is 2. The topological polar surface area (TPSA) is 393 Å². The molecule has 27 nitrogen and oxygen atoms in total. The molecule has 2 fully saturated rings. The summed E-state index contributed by atoms with van der Waals surface area (Å²) in [5.41, 5.74) is 20.6. The van der Waals surface area contributed by atoms with E-state index in [0.29, 0.717) is 31.4 Å². The van der Waals surface area contributed by atoms with Gasteiger partial charge in [-0.15, -0.1) is 0 Å². The number of phosphoric ester groups is 2. The van der Waals surface area contributed by atoms with Crippen LogP contribution in [0.2, 0.25) is 0 Å². The number of aliphatic hydroxyl groups is 1. The van der Waals surface area contributed by atoms with Gasteiger partial charge in [0.1, 0.15) is 54.9 Å². The zero-order valence-electron chi connectivity index (χ0n) is 33.9. The maximum Gasteiger partial charge on any atom is 0.472 e. The summed E-state index contributed by atoms with van der Waals surface area (Å²) in [6.45, 7) is -0.0110. The van der Waals surface area contributed by atoms with E-state index in [1.807, 2.05) is 0 Å². The van der Waals surface area contributed by atoms with Gasteiger partial charge in [-0.3, -0.25) is 32.3 Å². The first kappa shape index (κ1) is 48.1. The van der Waals surface area contributed by atoms with Crippen LogP contribution in [0.4, 0.5) is 17.3 Å². The van der Waals surface area contributed by atoms with Gasteiger partial charge in [-0.2, -0.15) is 4.98 Å². The highest BCUT2D eigenvalue weighted by molar-refractivity contribution is 7.47. The highest BCUT2D eigenvalue weighted by Crippen LogP contribution is 2.50. The second kappa shape index (κ2) is 21.1. The van der Waals surface area contributed by atoms with Gasteiger partial charge in [0.05, 0.1) is 25.5 Å². The van der Waals surface area contributed by atoms with E-state index in [4.69, 9.17) is 45.0 Å². The number of phosphoric acid groups is 2. The summed E-state index contributed by atoms with van der Waals surface area (Å²) in [4.78, 5) is 86.3. The number of aliphatic hydroxyl groups excluding tert-OH is 1. The van der Waals surface area contributed by atoms with E-state index in [-0.39, 0.29) is 42.2 Å². The Morgan fingerprint density at radius 1 is 1.02 bits per heavy atom. The normalized spacial score (nSPS) is 23.6. The fraction of sp³-hybridized carbons (Fsp3) is 0.514. The lowest BCUT2D eigenvalue weighted by Gasteiger charge is -2.24. The molecule has 3 aromatic heterocycles. The zero-order valence-corrected chi connectivity index (χ0v) is 35.7. The van der Waals surface area contributed by atoms with E-state index >= 15 is 0 Å². The van der Waals surface area contributed by atoms with Crippen molar-refractivity contribution in [2.24, 2.45) is 11.0 Å². The van der Waals surface area contributed by atoms with Crippen molar-refractivity contribution >= 4 is 56.1 Å². The lowest BCUT2D eigenvalue weighted by molar-refractivity contribution is -0.161. The van der Waals surface area contributed by atoms with Gasteiger partial charge in [0.25, 0.3) is 0 Å². The number of esters is 2. The van der Waals surface area contributed by atoms with E-state index in [1.165, 1.54) is 23.2 Å². The van der Waals surface area contributed by atoms with Gasteiger partial charge in [0.15, 0.2) is 23.8 Å². The van der Waals surface area contributed by atoms with Crippen LogP contribution < -0.4 is 17.2 Å². The number of nitrogens with two attached hydrogens (primary N) is 2. The van der Waals surface area contributed by atoms with Crippen molar-refractivity contribution in [3.63, 3.8) is 0 Å². The van der Waals surface area contributed by atoms with Crippen molar-refractivity contribution in [1.82, 2.24) is 29.1 Å². The SMILES string of the molecule is C[C@@H](CCCCCC(=O)OCc1ccc(N=[N+]=[N-])cc1)C(=O)O[C@H]1[C@@H](O)[C@H](n2cnc3c(N)ncnc32)O[C@@H]1COP(=O)(O)O[C@H]1C[C@H](n2ccc(N)nc2=O)O[C@@H]1COP(=O)(O)O. The van der Waals surface area contributed by atoms with Gasteiger partial charge >= 0.3 is 33.3 Å². The number of hydrogen-bond donors (Lipinski definition) is 6. The van der Waals surface area contributed by atoms with Crippen molar-refractivity contribution in [1.29, 1.82) is 0 Å². The molecule has 29 heteroatoms. The van der Waals surface area contributed by atoms with E-state index in [2.05, 4.69) is 34.5 Å². The summed E-state index contributed by atoms with van der Waals surface area (Å²) in [5.74, 6) is -1.95. The molecule has 64 heavy (non-hydrogen) atoms. The van der Waals surface area contributed by atoms with E-state index in [1.54, 1.807) is 31.2 Å². The first-order valence-electron chi connectivity index (χ1n) is 19.5. The monoisotopic (exact) mass is 937 g/mol. The smallest absolute Gasteiger partial charge is 0.461 e. The minimum absolute atomic E-state index is 0.0264. The van der Waals surface area contributed by atoms with Crippen LogP contribution in [0.1, 0.15) is 63.5 Å². The van der Waals surface area contributed by atoms with Crippen LogP contribution in [0.25, 0.3) is 21.6 Å². The molecule has 6 rings (SSSR count). The minimum Gasteiger partial charge on any atom is -0.461 e. The Kier molecular flexibility index (Phi) is 15.8. The number of nitrogens with zero attached hydrogens (tertiary/aromatic N) is 9. The third kappa shape index (κ3) is 12.7. The molecule has 0 bridgehead atoms. The maximum atomic E-state index is 13.5. The van der Waals surface area contributed by atoms with Crippen LogP contribution in [0.5, 0.6) is 0 Å². The summed E-state index contributed by atoms with van der Waals surface area (Å²) in [6, 6.07) is 7.84. The van der Waals surface area contributed by atoms with Crippen LogP contribution in [0.3, 0.4) is 0 Å². The number of aromatic nitrogens is 6. The molecule has 1 aromatic carbocycles. The first-order chi connectivity index (χ1) is 30.4. The molecule has 0 spiro atoms. The molecule has 1 unspecified atom stereocenters. The van der Waals surface area contributed by atoms with E-state index in [9.17, 15) is 43.3 Å². The van der Waals surface area contributed by atoms with E-state index in [0.717, 1.165) is 16.5 Å². The summed E-state index contributed by atoms with van der Waals surface area (Å²) in [7, 11) is -10.2. The van der Waals surface area contributed by atoms with Crippen LogP contribution in [0.15, 0.2) is 59.1 Å². The summed E-state index contributed by atoms with van der Waals surface area (Å²) >= 11 is 0. The lowest BCUT2D eigenvalue weighted by atomic mass is 10.0. The predicted octanol–water partition coefficient (Wildman–Crippen LogP) is 2.59. The number of anilines is 2. The highest BCUT2D eigenvalue weighted by atomic mass is 31.2. The molecule has 2 saturated heterocycles. The van der Waals surface area contributed by atoms with Crippen molar-refractivity contribution < 1.29 is 71.0 Å². The number of carbonyl (C=O) groups excluding carboxylic acids is 2. The second-order valence-corrected chi connectivity index (χ2v) is 17.3. The van der Waals surface area contributed by atoms with Gasteiger partial charge in [-0.1, -0.05) is 49.1 Å². The number of azide groups is 1. The van der Waals surface area contributed by atoms with E-state index < -0.39 is 95.4 Å². The van der Waals surface area contributed by atoms with Gasteiger partial charge in [0, 0.05) is 29.6 Å². The molecule has 4 aromatic rings. The number of hydrogen-bond acceptors (Lipinski definition) is 20. The van der Waals surface area contributed by atoms with Crippen LogP contribution >= 0.6 is 15.6 Å². The van der Waals surface area contributed by atoms with Crippen LogP contribution in [-0.2, 0) is 57.8 Å². The van der Waals surface area contributed by atoms with Crippen LogP contribution in [-0.4, -0.2) is 105 Å². The molecule has 2 aliphatic rings. The first-order valence-corrected chi connectivity index (χ1v) is 22.6. The van der Waals surface area contributed by atoms with Gasteiger partial charge < -0.3 is 50.2 Å². The van der Waals surface area contributed by atoms with Gasteiger partial charge in [0.2, 0.25) is 0 Å². The molecule has 2 aliphatic heterocycles. The number of fused-ring (bicyclic) bond motifs is 1. The summed E-state index contributed by atoms with van der Waals surface area (Å²) < 4.78 is 65.3. The molecule has 346 valence electrons. The zero-order chi connectivity index (χ0) is 46.2. The van der Waals surface area contributed by atoms with Crippen molar-refractivity contribution in [3.8, 4) is 0 Å². The molecule has 8 N–H and O–H groups in total. The maximum absolute atomic E-state index is 13.5. The van der Waals surface area contributed by atoms with Crippen molar-refractivity contribution in [2.45, 2.75) is 95.0 Å². The van der Waals surface area contributed by atoms with Crippen LogP contribution in [0, 0.1) is 5.92 Å². The molecule has 0 aliphatic carbocycles. The highest BCUT2D eigenvalue weighted by Gasteiger charge is 2.50. The molecule has 0 amide bonds. The number of ether oxygens (including phenoxy) is 4. The Balaban J connectivity index is 1.07. The second-order valence-electron chi connectivity index (χ2n) is 14.7. The minimum atomic E-state index is -5.17. The molecule has 0 saturated carbocycles. The molecular formula is C35H45N11O16P2. The average Bonchev–Trinajstić information content (AvgIpc) is 3.94.